The van der Waals surface area contributed by atoms with E-state index in [0.717, 1.165) is 24.5 Å². The van der Waals surface area contributed by atoms with E-state index in [1.807, 2.05) is 0 Å². The lowest BCUT2D eigenvalue weighted by Crippen LogP contribution is -2.37. The number of anilines is 5. The standard InChI is InChI=1S/C23H28N6O/c1-15-9-16(2)12-19(11-15)24-21-26-22(25-20-13-17(3)10-18(4)14-20)28-23(27-21)29-5-7-30-8-6-29/h9-14H,5-8H2,1-4H3,(H2,24,25,26,27,28). The first-order valence-corrected chi connectivity index (χ1v) is 10.2. The molecule has 0 amide bonds. The highest BCUT2D eigenvalue weighted by Gasteiger charge is 2.17. The zero-order valence-corrected chi connectivity index (χ0v) is 18.0. The largest absolute Gasteiger partial charge is 0.378 e. The highest BCUT2D eigenvalue weighted by atomic mass is 16.5. The predicted molar refractivity (Wildman–Crippen MR) is 121 cm³/mol. The summed E-state index contributed by atoms with van der Waals surface area (Å²) < 4.78 is 5.48. The fourth-order valence-corrected chi connectivity index (χ4v) is 3.73. The Balaban J connectivity index is 1.68. The van der Waals surface area contributed by atoms with Gasteiger partial charge in [0, 0.05) is 24.5 Å². The van der Waals surface area contributed by atoms with Crippen molar-refractivity contribution >= 4 is 29.2 Å². The quantitative estimate of drug-likeness (QED) is 0.651. The molecule has 1 saturated heterocycles. The average molecular weight is 405 g/mol. The number of hydrogen-bond donors (Lipinski definition) is 2. The van der Waals surface area contributed by atoms with Gasteiger partial charge >= 0.3 is 0 Å². The zero-order valence-electron chi connectivity index (χ0n) is 18.0. The molecule has 2 heterocycles. The number of benzene rings is 2. The second-order valence-corrected chi connectivity index (χ2v) is 7.88. The van der Waals surface area contributed by atoms with Crippen molar-refractivity contribution in [2.24, 2.45) is 0 Å². The molecule has 1 aliphatic heterocycles. The van der Waals surface area contributed by atoms with Gasteiger partial charge in [-0.15, -0.1) is 0 Å². The van der Waals surface area contributed by atoms with Crippen molar-refractivity contribution < 1.29 is 4.74 Å². The third kappa shape index (κ3) is 5.04. The summed E-state index contributed by atoms with van der Waals surface area (Å²) in [6.07, 6.45) is 0. The van der Waals surface area contributed by atoms with Crippen LogP contribution in [0.3, 0.4) is 0 Å². The zero-order chi connectivity index (χ0) is 21.1. The molecule has 4 rings (SSSR count). The Morgan fingerprint density at radius 3 is 1.53 bits per heavy atom. The number of nitrogens with one attached hydrogen (secondary N) is 2. The van der Waals surface area contributed by atoms with Gasteiger partial charge in [-0.1, -0.05) is 12.1 Å². The summed E-state index contributed by atoms with van der Waals surface area (Å²) in [5, 5.41) is 6.71. The van der Waals surface area contributed by atoms with E-state index in [1.165, 1.54) is 22.3 Å². The first-order chi connectivity index (χ1) is 14.4. The van der Waals surface area contributed by atoms with Crippen LogP contribution in [0.1, 0.15) is 22.3 Å². The number of nitrogens with zero attached hydrogens (tertiary/aromatic N) is 4. The number of aromatic nitrogens is 3. The molecule has 1 aromatic heterocycles. The maximum absolute atomic E-state index is 5.48. The maximum atomic E-state index is 5.48. The van der Waals surface area contributed by atoms with Crippen LogP contribution in [0, 0.1) is 27.7 Å². The molecule has 0 radical (unpaired) electrons. The molecule has 3 aromatic rings. The van der Waals surface area contributed by atoms with Crippen molar-refractivity contribution in [3.63, 3.8) is 0 Å². The normalized spacial score (nSPS) is 13.9. The van der Waals surface area contributed by atoms with E-state index in [0.29, 0.717) is 31.1 Å². The van der Waals surface area contributed by atoms with Crippen LogP contribution in [-0.4, -0.2) is 41.3 Å². The molecule has 156 valence electrons. The van der Waals surface area contributed by atoms with Crippen molar-refractivity contribution in [3.8, 4) is 0 Å². The molecule has 2 N–H and O–H groups in total. The Morgan fingerprint density at radius 1 is 0.667 bits per heavy atom. The van der Waals surface area contributed by atoms with Gasteiger partial charge in [0.05, 0.1) is 13.2 Å². The van der Waals surface area contributed by atoms with Gasteiger partial charge in [-0.25, -0.2) is 0 Å². The Bertz CT molecular complexity index is 934. The van der Waals surface area contributed by atoms with Crippen molar-refractivity contribution in [2.75, 3.05) is 41.8 Å². The van der Waals surface area contributed by atoms with Crippen molar-refractivity contribution in [1.82, 2.24) is 15.0 Å². The highest BCUT2D eigenvalue weighted by Crippen LogP contribution is 2.23. The lowest BCUT2D eigenvalue weighted by molar-refractivity contribution is 0.122. The second-order valence-electron chi connectivity index (χ2n) is 7.88. The summed E-state index contributed by atoms with van der Waals surface area (Å²) >= 11 is 0. The smallest absolute Gasteiger partial charge is 0.233 e. The van der Waals surface area contributed by atoms with Gasteiger partial charge in [-0.3, -0.25) is 0 Å². The maximum Gasteiger partial charge on any atom is 0.233 e. The molecule has 1 fully saturated rings. The van der Waals surface area contributed by atoms with Crippen LogP contribution in [0.25, 0.3) is 0 Å². The van der Waals surface area contributed by atoms with E-state index in [4.69, 9.17) is 4.74 Å². The van der Waals surface area contributed by atoms with Crippen LogP contribution in [0.5, 0.6) is 0 Å². The molecule has 1 aliphatic rings. The lowest BCUT2D eigenvalue weighted by atomic mass is 10.1. The minimum atomic E-state index is 0.517. The molecule has 0 bridgehead atoms. The molecular formula is C23H28N6O. The first-order valence-electron chi connectivity index (χ1n) is 10.2. The molecule has 30 heavy (non-hydrogen) atoms. The van der Waals surface area contributed by atoms with Crippen LogP contribution in [0.2, 0.25) is 0 Å². The van der Waals surface area contributed by atoms with E-state index in [2.05, 4.69) is 94.6 Å². The van der Waals surface area contributed by atoms with Crippen LogP contribution in [0.4, 0.5) is 29.2 Å². The van der Waals surface area contributed by atoms with Gasteiger partial charge in [0.15, 0.2) is 0 Å². The second kappa shape index (κ2) is 8.67. The number of aryl methyl sites for hydroxylation is 4. The van der Waals surface area contributed by atoms with Gasteiger partial charge in [0.2, 0.25) is 17.8 Å². The number of ether oxygens (including phenoxy) is 1. The molecule has 7 heteroatoms. The summed E-state index contributed by atoms with van der Waals surface area (Å²) in [5.41, 5.74) is 6.68. The summed E-state index contributed by atoms with van der Waals surface area (Å²) in [6, 6.07) is 12.6. The van der Waals surface area contributed by atoms with Gasteiger partial charge < -0.3 is 20.3 Å². The fourth-order valence-electron chi connectivity index (χ4n) is 3.73. The highest BCUT2D eigenvalue weighted by molar-refractivity contribution is 5.61. The van der Waals surface area contributed by atoms with Crippen LogP contribution in [-0.2, 0) is 4.74 Å². The van der Waals surface area contributed by atoms with Gasteiger partial charge in [-0.2, -0.15) is 15.0 Å². The monoisotopic (exact) mass is 404 g/mol. The Hall–Kier alpha value is -3.19. The van der Waals surface area contributed by atoms with Gasteiger partial charge in [-0.05, 0) is 74.2 Å². The van der Waals surface area contributed by atoms with Gasteiger partial charge in [0.25, 0.3) is 0 Å². The summed E-state index contributed by atoms with van der Waals surface area (Å²) in [7, 11) is 0. The molecule has 0 unspecified atom stereocenters. The molecule has 0 aliphatic carbocycles. The number of hydrogen-bond acceptors (Lipinski definition) is 7. The first kappa shape index (κ1) is 20.1. The van der Waals surface area contributed by atoms with E-state index < -0.39 is 0 Å². The molecule has 0 saturated carbocycles. The minimum Gasteiger partial charge on any atom is -0.378 e. The molecular weight excluding hydrogens is 376 g/mol. The van der Waals surface area contributed by atoms with Gasteiger partial charge in [0.1, 0.15) is 0 Å². The molecule has 0 atom stereocenters. The number of rotatable bonds is 5. The average Bonchev–Trinajstić information content (AvgIpc) is 2.67. The molecule has 0 spiro atoms. The summed E-state index contributed by atoms with van der Waals surface area (Å²) in [4.78, 5) is 16.1. The third-order valence-corrected chi connectivity index (χ3v) is 4.87. The Morgan fingerprint density at radius 2 is 1.10 bits per heavy atom. The SMILES string of the molecule is Cc1cc(C)cc(Nc2nc(Nc3cc(C)cc(C)c3)nc(N3CCOCC3)n2)c1. The van der Waals surface area contributed by atoms with Crippen LogP contribution < -0.4 is 15.5 Å². The van der Waals surface area contributed by atoms with Crippen LogP contribution in [0.15, 0.2) is 36.4 Å². The summed E-state index contributed by atoms with van der Waals surface area (Å²) in [5.74, 6) is 1.68. The van der Waals surface area contributed by atoms with E-state index in [-0.39, 0.29) is 0 Å². The van der Waals surface area contributed by atoms with Crippen LogP contribution >= 0.6 is 0 Å². The number of morpholine rings is 1. The van der Waals surface area contributed by atoms with Crippen molar-refractivity contribution in [2.45, 2.75) is 27.7 Å². The van der Waals surface area contributed by atoms with Crippen molar-refractivity contribution in [3.05, 3.63) is 58.7 Å². The Kier molecular flexibility index (Phi) is 5.81. The van der Waals surface area contributed by atoms with E-state index in [9.17, 15) is 0 Å². The van der Waals surface area contributed by atoms with Crippen molar-refractivity contribution in [1.29, 1.82) is 0 Å². The third-order valence-electron chi connectivity index (χ3n) is 4.87. The topological polar surface area (TPSA) is 75.2 Å². The molecule has 7 nitrogen and oxygen atoms in total. The summed E-state index contributed by atoms with van der Waals surface area (Å²) in [6.45, 7) is 11.2. The minimum absolute atomic E-state index is 0.517. The van der Waals surface area contributed by atoms with E-state index >= 15 is 0 Å². The predicted octanol–water partition coefficient (Wildman–Crippen LogP) is 4.43. The fraction of sp³-hybridized carbons (Fsp3) is 0.348. The Labute approximate surface area is 177 Å². The van der Waals surface area contributed by atoms with E-state index in [1.54, 1.807) is 0 Å². The lowest BCUT2D eigenvalue weighted by Gasteiger charge is -2.27. The molecule has 2 aromatic carbocycles.